The zero-order valence-corrected chi connectivity index (χ0v) is 14.3. The van der Waals surface area contributed by atoms with Gasteiger partial charge < -0.3 is 4.52 Å². The zero-order valence-electron chi connectivity index (χ0n) is 13.5. The molecule has 1 aliphatic rings. The standard InChI is InChI=1S/C15H19FN4O3S/c1-11(2)24(21,22)20-9-5-15(16,6-10-20)14-18-13(19-23-14)12-3-7-17-8-4-12/h3-4,7-8,11H,5-6,9-10H2,1-2H3. The summed E-state index contributed by atoms with van der Waals surface area (Å²) < 4.78 is 45.9. The SMILES string of the molecule is CC(C)S(=O)(=O)N1CCC(F)(c2nc(-c3ccncc3)no2)CC1. The van der Waals surface area contributed by atoms with Crippen LogP contribution in [0.4, 0.5) is 4.39 Å². The molecule has 0 saturated carbocycles. The van der Waals surface area contributed by atoms with E-state index in [0.29, 0.717) is 11.4 Å². The number of rotatable bonds is 4. The summed E-state index contributed by atoms with van der Waals surface area (Å²) in [6, 6.07) is 3.41. The number of piperidine rings is 1. The maximum atomic E-state index is 15.2. The molecule has 0 N–H and O–H groups in total. The topological polar surface area (TPSA) is 89.2 Å². The van der Waals surface area contributed by atoms with Crippen molar-refractivity contribution in [1.82, 2.24) is 19.4 Å². The van der Waals surface area contributed by atoms with E-state index in [9.17, 15) is 8.42 Å². The average Bonchev–Trinajstić information content (AvgIpc) is 3.07. The normalized spacial score (nSPS) is 18.8. The molecule has 0 radical (unpaired) electrons. The second-order valence-corrected chi connectivity index (χ2v) is 8.61. The maximum absolute atomic E-state index is 15.2. The van der Waals surface area contributed by atoms with Crippen molar-refractivity contribution >= 4 is 10.0 Å². The molecule has 3 heterocycles. The smallest absolute Gasteiger partial charge is 0.264 e. The fraction of sp³-hybridized carbons (Fsp3) is 0.533. The van der Waals surface area contributed by atoms with Crippen molar-refractivity contribution in [3.63, 3.8) is 0 Å². The number of hydrogen-bond donors (Lipinski definition) is 0. The molecular weight excluding hydrogens is 335 g/mol. The summed E-state index contributed by atoms with van der Waals surface area (Å²) in [4.78, 5) is 8.05. The Kier molecular flexibility index (Phi) is 4.39. The highest BCUT2D eigenvalue weighted by Crippen LogP contribution is 2.37. The lowest BCUT2D eigenvalue weighted by Crippen LogP contribution is -2.45. The quantitative estimate of drug-likeness (QED) is 0.836. The van der Waals surface area contributed by atoms with Gasteiger partial charge in [-0.1, -0.05) is 5.16 Å². The zero-order chi connectivity index (χ0) is 17.4. The largest absolute Gasteiger partial charge is 0.335 e. The molecule has 24 heavy (non-hydrogen) atoms. The average molecular weight is 354 g/mol. The second kappa shape index (κ2) is 6.21. The summed E-state index contributed by atoms with van der Waals surface area (Å²) in [6.45, 7) is 3.44. The van der Waals surface area contributed by atoms with Gasteiger partial charge in [0.25, 0.3) is 5.89 Å². The van der Waals surface area contributed by atoms with Crippen LogP contribution in [0, 0.1) is 0 Å². The Morgan fingerprint density at radius 3 is 2.46 bits per heavy atom. The number of pyridine rings is 1. The summed E-state index contributed by atoms with van der Waals surface area (Å²) in [6.07, 6.45) is 3.17. The van der Waals surface area contributed by atoms with Crippen molar-refractivity contribution in [2.45, 2.75) is 37.6 Å². The highest BCUT2D eigenvalue weighted by atomic mass is 32.2. The van der Waals surface area contributed by atoms with Gasteiger partial charge in [-0.2, -0.15) is 4.98 Å². The molecule has 0 bridgehead atoms. The Morgan fingerprint density at radius 2 is 1.88 bits per heavy atom. The molecule has 1 saturated heterocycles. The van der Waals surface area contributed by atoms with Crippen LogP contribution in [-0.4, -0.2) is 46.2 Å². The molecule has 2 aromatic rings. The van der Waals surface area contributed by atoms with Crippen LogP contribution in [0.25, 0.3) is 11.4 Å². The number of halogens is 1. The van der Waals surface area contributed by atoms with Gasteiger partial charge in [-0.15, -0.1) is 0 Å². The van der Waals surface area contributed by atoms with Gasteiger partial charge >= 0.3 is 0 Å². The van der Waals surface area contributed by atoms with Crippen molar-refractivity contribution < 1.29 is 17.3 Å². The molecule has 9 heteroatoms. The molecule has 7 nitrogen and oxygen atoms in total. The van der Waals surface area contributed by atoms with E-state index >= 15 is 4.39 Å². The van der Waals surface area contributed by atoms with E-state index in [4.69, 9.17) is 4.52 Å². The Morgan fingerprint density at radius 1 is 1.25 bits per heavy atom. The molecule has 0 aliphatic carbocycles. The first-order valence-electron chi connectivity index (χ1n) is 7.75. The van der Waals surface area contributed by atoms with Crippen LogP contribution in [0.1, 0.15) is 32.6 Å². The number of aromatic nitrogens is 3. The van der Waals surface area contributed by atoms with Crippen molar-refractivity contribution in [1.29, 1.82) is 0 Å². The van der Waals surface area contributed by atoms with E-state index in [0.717, 1.165) is 0 Å². The number of alkyl halides is 1. The van der Waals surface area contributed by atoms with Crippen molar-refractivity contribution in [2.24, 2.45) is 0 Å². The van der Waals surface area contributed by atoms with E-state index in [-0.39, 0.29) is 31.8 Å². The van der Waals surface area contributed by atoms with Gasteiger partial charge in [-0.3, -0.25) is 4.98 Å². The van der Waals surface area contributed by atoms with Gasteiger partial charge in [0.2, 0.25) is 15.8 Å². The molecule has 0 amide bonds. The fourth-order valence-corrected chi connectivity index (χ4v) is 3.92. The van der Waals surface area contributed by atoms with E-state index in [1.54, 1.807) is 38.4 Å². The lowest BCUT2D eigenvalue weighted by atomic mass is 9.94. The van der Waals surface area contributed by atoms with Crippen molar-refractivity contribution in [3.8, 4) is 11.4 Å². The highest BCUT2D eigenvalue weighted by molar-refractivity contribution is 7.89. The van der Waals surface area contributed by atoms with Crippen LogP contribution in [0.15, 0.2) is 29.0 Å². The maximum Gasteiger partial charge on any atom is 0.264 e. The Labute approximate surface area is 139 Å². The minimum atomic E-state index is -3.38. The van der Waals surface area contributed by atoms with E-state index < -0.39 is 20.9 Å². The fourth-order valence-electron chi connectivity index (χ4n) is 2.63. The molecule has 130 valence electrons. The molecule has 3 rings (SSSR count). The monoisotopic (exact) mass is 354 g/mol. The minimum Gasteiger partial charge on any atom is -0.335 e. The van der Waals surface area contributed by atoms with E-state index in [2.05, 4.69) is 15.1 Å². The predicted molar refractivity (Wildman–Crippen MR) is 85.2 cm³/mol. The summed E-state index contributed by atoms with van der Waals surface area (Å²) in [5.74, 6) is 0.192. The van der Waals surface area contributed by atoms with E-state index in [1.807, 2.05) is 0 Å². The first-order valence-corrected chi connectivity index (χ1v) is 9.26. The van der Waals surface area contributed by atoms with Crippen LogP contribution >= 0.6 is 0 Å². The summed E-state index contributed by atoms with van der Waals surface area (Å²) in [5.41, 5.74) is -1.12. The second-order valence-electron chi connectivity index (χ2n) is 6.12. The van der Waals surface area contributed by atoms with Gasteiger partial charge in [-0.05, 0) is 26.0 Å². The summed E-state index contributed by atoms with van der Waals surface area (Å²) >= 11 is 0. The third-order valence-corrected chi connectivity index (χ3v) is 6.49. The third-order valence-electron chi connectivity index (χ3n) is 4.22. The highest BCUT2D eigenvalue weighted by Gasteiger charge is 2.44. The molecule has 0 unspecified atom stereocenters. The molecule has 1 fully saturated rings. The molecule has 2 aromatic heterocycles. The molecular formula is C15H19FN4O3S. The van der Waals surface area contributed by atoms with Crippen LogP contribution in [-0.2, 0) is 15.7 Å². The van der Waals surface area contributed by atoms with Crippen LogP contribution < -0.4 is 0 Å². The Balaban J connectivity index is 1.76. The number of sulfonamides is 1. The lowest BCUT2D eigenvalue weighted by molar-refractivity contribution is 0.0509. The van der Waals surface area contributed by atoms with Gasteiger partial charge in [0.15, 0.2) is 5.67 Å². The summed E-state index contributed by atoms with van der Waals surface area (Å²) in [5, 5.41) is 3.30. The van der Waals surface area contributed by atoms with Gasteiger partial charge in [0.1, 0.15) is 0 Å². The predicted octanol–water partition coefficient (Wildman–Crippen LogP) is 2.13. The van der Waals surface area contributed by atoms with Crippen LogP contribution in [0.5, 0.6) is 0 Å². The molecule has 0 spiro atoms. The number of nitrogens with zero attached hydrogens (tertiary/aromatic N) is 4. The first kappa shape index (κ1) is 17.0. The lowest BCUT2D eigenvalue weighted by Gasteiger charge is -2.34. The van der Waals surface area contributed by atoms with Crippen LogP contribution in [0.2, 0.25) is 0 Å². The first-order chi connectivity index (χ1) is 11.3. The van der Waals surface area contributed by atoms with E-state index in [1.165, 1.54) is 4.31 Å². The summed E-state index contributed by atoms with van der Waals surface area (Å²) in [7, 11) is -3.38. The molecule has 0 atom stereocenters. The third kappa shape index (κ3) is 3.05. The van der Waals surface area contributed by atoms with Gasteiger partial charge in [0, 0.05) is 43.9 Å². The van der Waals surface area contributed by atoms with Gasteiger partial charge in [0.05, 0.1) is 5.25 Å². The number of hydrogen-bond acceptors (Lipinski definition) is 6. The Hall–Kier alpha value is -1.87. The Bertz CT molecular complexity index is 799. The van der Waals surface area contributed by atoms with Crippen molar-refractivity contribution in [2.75, 3.05) is 13.1 Å². The molecule has 0 aromatic carbocycles. The van der Waals surface area contributed by atoms with Gasteiger partial charge in [-0.25, -0.2) is 17.1 Å². The van der Waals surface area contributed by atoms with Crippen LogP contribution in [0.3, 0.4) is 0 Å². The minimum absolute atomic E-state index is 0.00305. The van der Waals surface area contributed by atoms with Crippen molar-refractivity contribution in [3.05, 3.63) is 30.4 Å². The molecule has 1 aliphatic heterocycles.